The van der Waals surface area contributed by atoms with Crippen LogP contribution >= 0.6 is 11.5 Å². The van der Waals surface area contributed by atoms with Crippen molar-refractivity contribution in [2.45, 2.75) is 38.6 Å². The molecule has 1 amide bonds. The molecule has 7 nitrogen and oxygen atoms in total. The van der Waals surface area contributed by atoms with Gasteiger partial charge in [0.25, 0.3) is 5.91 Å². The normalized spacial score (nSPS) is 18.3. The summed E-state index contributed by atoms with van der Waals surface area (Å²) >= 11 is 1.38. The first-order valence-electron chi connectivity index (χ1n) is 11.1. The van der Waals surface area contributed by atoms with Crippen LogP contribution in [0.5, 0.6) is 5.75 Å². The molecule has 0 saturated heterocycles. The Labute approximate surface area is 198 Å². The van der Waals surface area contributed by atoms with Gasteiger partial charge in [0.15, 0.2) is 17.4 Å². The van der Waals surface area contributed by atoms with Gasteiger partial charge in [0.05, 0.1) is 11.6 Å². The number of carbonyl (C=O) groups excluding carboxylic acids is 1. The Bertz CT molecular complexity index is 1340. The summed E-state index contributed by atoms with van der Waals surface area (Å²) < 4.78 is 33.3. The van der Waals surface area contributed by atoms with Crippen LogP contribution in [-0.2, 0) is 0 Å². The number of aromatic nitrogens is 4. The van der Waals surface area contributed by atoms with Crippen LogP contribution in [-0.4, -0.2) is 36.7 Å². The largest absolute Gasteiger partial charge is 0.503 e. The van der Waals surface area contributed by atoms with E-state index in [0.29, 0.717) is 6.54 Å². The predicted molar refractivity (Wildman–Crippen MR) is 125 cm³/mol. The fourth-order valence-corrected chi connectivity index (χ4v) is 5.08. The molecule has 34 heavy (non-hydrogen) atoms. The van der Waals surface area contributed by atoms with Crippen molar-refractivity contribution >= 4 is 28.3 Å². The lowest BCUT2D eigenvalue weighted by Crippen LogP contribution is -2.31. The molecule has 0 spiro atoms. The number of aromatic hydroxyl groups is 1. The Morgan fingerprint density at radius 2 is 1.91 bits per heavy atom. The number of halogens is 2. The van der Waals surface area contributed by atoms with Gasteiger partial charge in [0.2, 0.25) is 0 Å². The van der Waals surface area contributed by atoms with Gasteiger partial charge in [-0.15, -0.1) is 0 Å². The maximum atomic E-state index is 13.5. The van der Waals surface area contributed by atoms with Gasteiger partial charge in [-0.2, -0.15) is 9.47 Å². The highest BCUT2D eigenvalue weighted by Gasteiger charge is 2.24. The summed E-state index contributed by atoms with van der Waals surface area (Å²) in [4.78, 5) is 16.7. The van der Waals surface area contributed by atoms with Crippen LogP contribution in [0.15, 0.2) is 36.5 Å². The summed E-state index contributed by atoms with van der Waals surface area (Å²) in [5, 5.41) is 18.7. The molecule has 1 fully saturated rings. The van der Waals surface area contributed by atoms with E-state index < -0.39 is 23.3 Å². The second-order valence-electron chi connectivity index (χ2n) is 8.70. The topological polar surface area (TPSA) is 92.9 Å². The molecule has 0 atom stereocenters. The van der Waals surface area contributed by atoms with Gasteiger partial charge in [0.1, 0.15) is 10.8 Å². The average molecular weight is 484 g/mol. The number of rotatable bonds is 5. The summed E-state index contributed by atoms with van der Waals surface area (Å²) in [6.45, 7) is 2.31. The van der Waals surface area contributed by atoms with Crippen LogP contribution in [0.3, 0.4) is 0 Å². The number of fused-ring (bicyclic) bond motifs is 1. The van der Waals surface area contributed by atoms with Crippen LogP contribution in [0.25, 0.3) is 21.5 Å². The van der Waals surface area contributed by atoms with Crippen molar-refractivity contribution in [1.29, 1.82) is 0 Å². The van der Waals surface area contributed by atoms with Crippen LogP contribution < -0.4 is 5.32 Å². The van der Waals surface area contributed by atoms with E-state index in [1.54, 1.807) is 0 Å². The third-order valence-electron chi connectivity index (χ3n) is 6.32. The zero-order chi connectivity index (χ0) is 23.8. The third-order valence-corrected chi connectivity index (χ3v) is 7.18. The molecule has 2 aromatic heterocycles. The van der Waals surface area contributed by atoms with E-state index in [1.807, 2.05) is 23.7 Å². The third kappa shape index (κ3) is 4.50. The smallest absolute Gasteiger partial charge is 0.251 e. The molecule has 10 heteroatoms. The number of amides is 1. The van der Waals surface area contributed by atoms with E-state index in [1.165, 1.54) is 11.5 Å². The number of nitrogens with zero attached hydrogens (tertiary/aromatic N) is 4. The van der Waals surface area contributed by atoms with Crippen molar-refractivity contribution in [2.24, 2.45) is 5.92 Å². The first-order valence-corrected chi connectivity index (χ1v) is 11.9. The van der Waals surface area contributed by atoms with E-state index in [-0.39, 0.29) is 17.5 Å². The molecule has 2 aromatic carbocycles. The molecule has 2 N–H and O–H groups in total. The molecule has 2 heterocycles. The summed E-state index contributed by atoms with van der Waals surface area (Å²) in [6.07, 6.45) is 5.76. The Balaban J connectivity index is 1.18. The second kappa shape index (κ2) is 9.09. The Hall–Kier alpha value is -3.40. The van der Waals surface area contributed by atoms with E-state index in [2.05, 4.69) is 26.9 Å². The molecular formula is C24H23F2N5O2S. The van der Waals surface area contributed by atoms with Gasteiger partial charge in [-0.3, -0.25) is 9.48 Å². The fraction of sp³-hybridized carbons (Fsp3) is 0.333. The molecule has 4 aromatic rings. The minimum atomic E-state index is -1.15. The van der Waals surface area contributed by atoms with Crippen molar-refractivity contribution in [3.8, 4) is 16.3 Å². The Morgan fingerprint density at radius 1 is 1.18 bits per heavy atom. The van der Waals surface area contributed by atoms with E-state index in [4.69, 9.17) is 5.10 Å². The number of phenolic OH excluding ortho intramolecular Hbond substituents is 1. The van der Waals surface area contributed by atoms with Crippen LogP contribution in [0.1, 0.15) is 47.9 Å². The lowest BCUT2D eigenvalue weighted by atomic mass is 9.86. The molecule has 1 saturated carbocycles. The number of hydrogen-bond donors (Lipinski definition) is 2. The maximum Gasteiger partial charge on any atom is 0.251 e. The molecule has 0 bridgehead atoms. The first kappa shape index (κ1) is 22.4. The molecule has 1 aliphatic rings. The second-order valence-corrected chi connectivity index (χ2v) is 9.45. The van der Waals surface area contributed by atoms with Gasteiger partial charge in [-0.05, 0) is 68.3 Å². The van der Waals surface area contributed by atoms with E-state index >= 15 is 0 Å². The number of nitrogens with one attached hydrogen (secondary N) is 1. The van der Waals surface area contributed by atoms with Crippen molar-refractivity contribution in [3.63, 3.8) is 0 Å². The predicted octanol–water partition coefficient (Wildman–Crippen LogP) is 5.01. The van der Waals surface area contributed by atoms with E-state index in [0.717, 1.165) is 65.1 Å². The molecule has 0 unspecified atom stereocenters. The van der Waals surface area contributed by atoms with Crippen LogP contribution in [0.4, 0.5) is 8.78 Å². The monoisotopic (exact) mass is 483 g/mol. The lowest BCUT2D eigenvalue weighted by Gasteiger charge is -2.28. The van der Waals surface area contributed by atoms with Crippen LogP contribution in [0.2, 0.25) is 0 Å². The number of carbonyl (C=O) groups is 1. The Morgan fingerprint density at radius 3 is 2.59 bits per heavy atom. The number of benzene rings is 2. The zero-order valence-electron chi connectivity index (χ0n) is 18.5. The van der Waals surface area contributed by atoms with E-state index in [9.17, 15) is 18.7 Å². The summed E-state index contributed by atoms with van der Waals surface area (Å²) in [7, 11) is 0. The maximum absolute atomic E-state index is 13.5. The Kier molecular flexibility index (Phi) is 5.99. The van der Waals surface area contributed by atoms with Crippen molar-refractivity contribution in [3.05, 3.63) is 59.6 Å². The molecule has 5 rings (SSSR count). The zero-order valence-corrected chi connectivity index (χ0v) is 19.3. The van der Waals surface area contributed by atoms with Gasteiger partial charge in [-0.1, -0.05) is 12.1 Å². The highest BCUT2D eigenvalue weighted by atomic mass is 32.1. The standard InChI is InChI=1S/C24H23F2N5O2S/c1-13-28-24(34-30-13)15-4-5-16-12-31(29-21(16)10-15)18-6-2-14(3-7-18)11-27-23(33)17-8-19(25)22(32)20(26)9-17/h4-5,8-10,12,14,18,32H,2-3,6-7,11H2,1H3,(H,27,33)/t14-,18-. The minimum Gasteiger partial charge on any atom is -0.503 e. The summed E-state index contributed by atoms with van der Waals surface area (Å²) in [5.74, 6) is -2.89. The SMILES string of the molecule is Cc1nsc(-c2ccc3cn([C@H]4CC[C@H](CNC(=O)c5cc(F)c(O)c(F)c5)CC4)nc3c2)n1. The van der Waals surface area contributed by atoms with Crippen LogP contribution in [0, 0.1) is 24.5 Å². The van der Waals surface area contributed by atoms with Crippen molar-refractivity contribution in [2.75, 3.05) is 6.54 Å². The highest BCUT2D eigenvalue weighted by molar-refractivity contribution is 7.09. The highest BCUT2D eigenvalue weighted by Crippen LogP contribution is 2.33. The van der Waals surface area contributed by atoms with Gasteiger partial charge >= 0.3 is 0 Å². The van der Waals surface area contributed by atoms with Gasteiger partial charge in [-0.25, -0.2) is 13.8 Å². The molecule has 1 aliphatic carbocycles. The molecule has 0 aliphatic heterocycles. The van der Waals surface area contributed by atoms with Gasteiger partial charge < -0.3 is 10.4 Å². The fourth-order valence-electron chi connectivity index (χ4n) is 4.42. The number of hydrogen-bond acceptors (Lipinski definition) is 6. The molecule has 176 valence electrons. The summed E-state index contributed by atoms with van der Waals surface area (Å²) in [6, 6.07) is 8.10. The average Bonchev–Trinajstić information content (AvgIpc) is 3.46. The molecular weight excluding hydrogens is 460 g/mol. The van der Waals surface area contributed by atoms with Gasteiger partial charge in [0, 0.05) is 29.3 Å². The lowest BCUT2D eigenvalue weighted by molar-refractivity contribution is 0.0940. The molecule has 0 radical (unpaired) electrons. The van der Waals surface area contributed by atoms with Crippen molar-refractivity contribution in [1.82, 2.24) is 24.5 Å². The summed E-state index contributed by atoms with van der Waals surface area (Å²) in [5.41, 5.74) is 1.79. The van der Waals surface area contributed by atoms with Crippen molar-refractivity contribution < 1.29 is 18.7 Å². The first-order chi connectivity index (χ1) is 16.4. The quantitative estimate of drug-likeness (QED) is 0.416. The minimum absolute atomic E-state index is 0.146. The number of aryl methyl sites for hydroxylation is 1. The number of phenols is 1.